The SMILES string of the molecule is COc1ccc(S(=O)(=O)N2CCC(C(=O)c3ccc4c(c3)NC(=O)CO4)CC2)cc1OC. The van der Waals surface area contributed by atoms with E-state index in [4.69, 9.17) is 14.2 Å². The fourth-order valence-corrected chi connectivity index (χ4v) is 5.44. The number of amides is 1. The summed E-state index contributed by atoms with van der Waals surface area (Å²) in [4.78, 5) is 24.6. The second-order valence-electron chi connectivity index (χ2n) is 7.61. The van der Waals surface area contributed by atoms with Crippen molar-refractivity contribution in [3.05, 3.63) is 42.0 Å². The standard InChI is InChI=1S/C22H24N2O7S/c1-29-19-6-4-16(12-20(19)30-2)32(27,28)24-9-7-14(8-10-24)22(26)15-3-5-18-17(11-15)23-21(25)13-31-18/h3-6,11-12,14H,7-10,13H2,1-2H3,(H,23,25). The number of rotatable bonds is 6. The van der Waals surface area contributed by atoms with Crippen LogP contribution in [0.3, 0.4) is 0 Å². The molecule has 4 rings (SSSR count). The molecule has 2 aromatic carbocycles. The quantitative estimate of drug-likeness (QED) is 0.659. The van der Waals surface area contributed by atoms with Crippen LogP contribution in [0, 0.1) is 5.92 Å². The molecular weight excluding hydrogens is 436 g/mol. The van der Waals surface area contributed by atoms with Gasteiger partial charge in [-0.3, -0.25) is 9.59 Å². The van der Waals surface area contributed by atoms with Gasteiger partial charge >= 0.3 is 0 Å². The number of ether oxygens (including phenoxy) is 3. The second-order valence-corrected chi connectivity index (χ2v) is 9.55. The van der Waals surface area contributed by atoms with Crippen LogP contribution in [-0.4, -0.2) is 58.3 Å². The summed E-state index contributed by atoms with van der Waals surface area (Å²) in [5, 5.41) is 2.70. The van der Waals surface area contributed by atoms with Gasteiger partial charge in [0.2, 0.25) is 10.0 Å². The summed E-state index contributed by atoms with van der Waals surface area (Å²) in [6.07, 6.45) is 0.816. The van der Waals surface area contributed by atoms with Gasteiger partial charge in [-0.1, -0.05) is 0 Å². The summed E-state index contributed by atoms with van der Waals surface area (Å²) in [7, 11) is -0.798. The number of hydrogen-bond acceptors (Lipinski definition) is 7. The highest BCUT2D eigenvalue weighted by Crippen LogP contribution is 2.34. The van der Waals surface area contributed by atoms with Gasteiger partial charge in [-0.2, -0.15) is 4.31 Å². The zero-order valence-electron chi connectivity index (χ0n) is 17.8. The Morgan fingerprint density at radius 1 is 1.06 bits per heavy atom. The molecule has 2 aliphatic rings. The van der Waals surface area contributed by atoms with Crippen molar-refractivity contribution >= 4 is 27.4 Å². The van der Waals surface area contributed by atoms with E-state index >= 15 is 0 Å². The van der Waals surface area contributed by atoms with Gasteiger partial charge in [-0.05, 0) is 43.2 Å². The maximum absolute atomic E-state index is 13.1. The molecule has 2 aromatic rings. The fourth-order valence-electron chi connectivity index (χ4n) is 3.96. The van der Waals surface area contributed by atoms with Crippen LogP contribution >= 0.6 is 0 Å². The van der Waals surface area contributed by atoms with E-state index in [1.54, 1.807) is 24.3 Å². The molecule has 2 aliphatic heterocycles. The van der Waals surface area contributed by atoms with Gasteiger partial charge in [0.05, 0.1) is 24.8 Å². The first-order valence-electron chi connectivity index (χ1n) is 10.2. The second kappa shape index (κ2) is 8.79. The Labute approximate surface area is 186 Å². The minimum atomic E-state index is -3.73. The number of carbonyl (C=O) groups is 2. The molecule has 9 nitrogen and oxygen atoms in total. The molecule has 1 N–H and O–H groups in total. The normalized spacial score (nSPS) is 17.1. The molecule has 0 aromatic heterocycles. The molecule has 10 heteroatoms. The van der Waals surface area contributed by atoms with E-state index in [2.05, 4.69) is 5.32 Å². The summed E-state index contributed by atoms with van der Waals surface area (Å²) in [6, 6.07) is 9.43. The van der Waals surface area contributed by atoms with Crippen LogP contribution in [0.25, 0.3) is 0 Å². The molecule has 0 atom stereocenters. The summed E-state index contributed by atoms with van der Waals surface area (Å²) in [5.41, 5.74) is 0.941. The molecule has 1 amide bonds. The Kier molecular flexibility index (Phi) is 6.07. The van der Waals surface area contributed by atoms with Crippen molar-refractivity contribution in [3.63, 3.8) is 0 Å². The van der Waals surface area contributed by atoms with E-state index in [9.17, 15) is 18.0 Å². The first kappa shape index (κ1) is 22.1. The Morgan fingerprint density at radius 3 is 2.47 bits per heavy atom. The Bertz CT molecular complexity index is 1150. The number of sulfonamides is 1. The smallest absolute Gasteiger partial charge is 0.262 e. The predicted octanol–water partition coefficient (Wildman–Crippen LogP) is 2.32. The molecule has 1 saturated heterocycles. The number of anilines is 1. The maximum atomic E-state index is 13.1. The van der Waals surface area contributed by atoms with Gasteiger partial charge in [0, 0.05) is 30.6 Å². The molecule has 2 heterocycles. The van der Waals surface area contributed by atoms with Crippen LogP contribution in [0.4, 0.5) is 5.69 Å². The number of methoxy groups -OCH3 is 2. The third kappa shape index (κ3) is 4.15. The number of Topliss-reactive ketones (excluding diaryl/α,β-unsaturated/α-hetero) is 1. The van der Waals surface area contributed by atoms with Crippen LogP contribution in [0.15, 0.2) is 41.3 Å². The third-order valence-electron chi connectivity index (χ3n) is 5.71. The van der Waals surface area contributed by atoms with Crippen molar-refractivity contribution in [3.8, 4) is 17.2 Å². The van der Waals surface area contributed by atoms with Crippen molar-refractivity contribution in [1.29, 1.82) is 0 Å². The molecular formula is C22H24N2O7S. The van der Waals surface area contributed by atoms with Crippen LogP contribution in [-0.2, 0) is 14.8 Å². The van der Waals surface area contributed by atoms with Gasteiger partial charge in [-0.25, -0.2) is 8.42 Å². The van der Waals surface area contributed by atoms with E-state index in [1.807, 2.05) is 0 Å². The van der Waals surface area contributed by atoms with E-state index in [0.29, 0.717) is 41.3 Å². The first-order chi connectivity index (χ1) is 15.3. The zero-order valence-corrected chi connectivity index (χ0v) is 18.6. The largest absolute Gasteiger partial charge is 0.493 e. The Balaban J connectivity index is 1.45. The van der Waals surface area contributed by atoms with Crippen LogP contribution in [0.5, 0.6) is 17.2 Å². The fraction of sp³-hybridized carbons (Fsp3) is 0.364. The van der Waals surface area contributed by atoms with Crippen LogP contribution in [0.2, 0.25) is 0 Å². The number of nitrogens with zero attached hydrogens (tertiary/aromatic N) is 1. The van der Waals surface area contributed by atoms with Crippen molar-refractivity contribution in [1.82, 2.24) is 4.31 Å². The molecule has 0 aliphatic carbocycles. The van der Waals surface area contributed by atoms with Gasteiger partial charge in [0.1, 0.15) is 5.75 Å². The average molecular weight is 461 g/mol. The van der Waals surface area contributed by atoms with E-state index in [1.165, 1.54) is 30.7 Å². The lowest BCUT2D eigenvalue weighted by Crippen LogP contribution is -2.40. The van der Waals surface area contributed by atoms with Gasteiger partial charge < -0.3 is 19.5 Å². The highest BCUT2D eigenvalue weighted by Gasteiger charge is 2.33. The Hall–Kier alpha value is -3.11. The molecule has 1 fully saturated rings. The zero-order chi connectivity index (χ0) is 22.9. The number of hydrogen-bond donors (Lipinski definition) is 1. The van der Waals surface area contributed by atoms with Crippen LogP contribution in [0.1, 0.15) is 23.2 Å². The Morgan fingerprint density at radius 2 is 1.78 bits per heavy atom. The molecule has 32 heavy (non-hydrogen) atoms. The number of nitrogens with one attached hydrogen (secondary N) is 1. The molecule has 170 valence electrons. The monoisotopic (exact) mass is 460 g/mol. The topological polar surface area (TPSA) is 111 Å². The highest BCUT2D eigenvalue weighted by atomic mass is 32.2. The summed E-state index contributed by atoms with van der Waals surface area (Å²) in [6.45, 7) is 0.420. The average Bonchev–Trinajstić information content (AvgIpc) is 2.82. The molecule has 0 radical (unpaired) electrons. The number of piperidine rings is 1. The lowest BCUT2D eigenvalue weighted by atomic mass is 9.89. The van der Waals surface area contributed by atoms with Crippen molar-refractivity contribution in [2.45, 2.75) is 17.7 Å². The first-order valence-corrected chi connectivity index (χ1v) is 11.6. The lowest BCUT2D eigenvalue weighted by Gasteiger charge is -2.30. The third-order valence-corrected chi connectivity index (χ3v) is 7.61. The summed E-state index contributed by atoms with van der Waals surface area (Å²) < 4.78 is 43.3. The number of carbonyl (C=O) groups excluding carboxylic acids is 2. The van der Waals surface area contributed by atoms with Crippen molar-refractivity contribution in [2.24, 2.45) is 5.92 Å². The van der Waals surface area contributed by atoms with Crippen molar-refractivity contribution < 1.29 is 32.2 Å². The number of ketones is 1. The van der Waals surface area contributed by atoms with Crippen molar-refractivity contribution in [2.75, 3.05) is 39.2 Å². The molecule has 0 saturated carbocycles. The van der Waals surface area contributed by atoms with E-state index in [-0.39, 0.29) is 42.2 Å². The summed E-state index contributed by atoms with van der Waals surface area (Å²) in [5.74, 6) is 0.665. The minimum absolute atomic E-state index is 0.0483. The molecule has 0 unspecified atom stereocenters. The van der Waals surface area contributed by atoms with Gasteiger partial charge in [-0.15, -0.1) is 0 Å². The highest BCUT2D eigenvalue weighted by molar-refractivity contribution is 7.89. The van der Waals surface area contributed by atoms with E-state index < -0.39 is 10.0 Å². The van der Waals surface area contributed by atoms with E-state index in [0.717, 1.165) is 0 Å². The lowest BCUT2D eigenvalue weighted by molar-refractivity contribution is -0.118. The van der Waals surface area contributed by atoms with Gasteiger partial charge in [0.25, 0.3) is 5.91 Å². The molecule has 0 spiro atoms. The number of benzene rings is 2. The summed E-state index contributed by atoms with van der Waals surface area (Å²) >= 11 is 0. The van der Waals surface area contributed by atoms with Crippen LogP contribution < -0.4 is 19.5 Å². The van der Waals surface area contributed by atoms with Gasteiger partial charge in [0.15, 0.2) is 23.9 Å². The predicted molar refractivity (Wildman–Crippen MR) is 116 cm³/mol. The number of fused-ring (bicyclic) bond motifs is 1. The maximum Gasteiger partial charge on any atom is 0.262 e. The molecule has 0 bridgehead atoms. The minimum Gasteiger partial charge on any atom is -0.493 e.